The highest BCUT2D eigenvalue weighted by molar-refractivity contribution is 14.1. The van der Waals surface area contributed by atoms with Gasteiger partial charge in [-0.2, -0.15) is 0 Å². The molecule has 0 radical (unpaired) electrons. The molecule has 5 heteroatoms. The number of carbonyl (C=O) groups is 1. The van der Waals surface area contributed by atoms with E-state index in [0.717, 1.165) is 14.8 Å². The number of benzene rings is 2. The van der Waals surface area contributed by atoms with Gasteiger partial charge in [0.2, 0.25) is 0 Å². The minimum absolute atomic E-state index is 0.306. The lowest BCUT2D eigenvalue weighted by Gasteiger charge is -2.11. The summed E-state index contributed by atoms with van der Waals surface area (Å²) in [5, 5.41) is 5.52. The Kier molecular flexibility index (Phi) is 4.26. The van der Waals surface area contributed by atoms with Gasteiger partial charge >= 0.3 is 6.03 Å². The summed E-state index contributed by atoms with van der Waals surface area (Å²) in [4.78, 5) is 11.9. The van der Waals surface area contributed by atoms with Gasteiger partial charge in [0, 0.05) is 3.57 Å². The molecule has 0 bridgehead atoms. The van der Waals surface area contributed by atoms with Crippen molar-refractivity contribution in [3.8, 4) is 0 Å². The Hall–Kier alpha value is -1.76. The van der Waals surface area contributed by atoms with Gasteiger partial charge in [-0.1, -0.05) is 18.2 Å². The molecule has 0 heterocycles. The summed E-state index contributed by atoms with van der Waals surface area (Å²) in [6.07, 6.45) is 0. The van der Waals surface area contributed by atoms with Crippen molar-refractivity contribution in [2.75, 3.05) is 16.4 Å². The number of amides is 2. The largest absolute Gasteiger partial charge is 0.397 e. The average Bonchev–Trinajstić information content (AvgIpc) is 2.36. The first-order valence-electron chi connectivity index (χ1n) is 5.75. The van der Waals surface area contributed by atoms with Crippen LogP contribution in [0.1, 0.15) is 5.56 Å². The van der Waals surface area contributed by atoms with E-state index >= 15 is 0 Å². The monoisotopic (exact) mass is 367 g/mol. The van der Waals surface area contributed by atoms with Gasteiger partial charge < -0.3 is 16.4 Å². The normalized spacial score (nSPS) is 10.0. The molecule has 2 aromatic carbocycles. The second-order valence-electron chi connectivity index (χ2n) is 4.15. The standard InChI is InChI=1S/C14H14IN3O/c1-9-6-7-13(11(16)8-9)18-14(19)17-12-5-3-2-4-10(12)15/h2-8H,16H2,1H3,(H2,17,18,19). The highest BCUT2D eigenvalue weighted by atomic mass is 127. The Morgan fingerprint density at radius 3 is 2.47 bits per heavy atom. The van der Waals surface area contributed by atoms with Crippen molar-refractivity contribution in [3.05, 3.63) is 51.6 Å². The van der Waals surface area contributed by atoms with Gasteiger partial charge in [0.1, 0.15) is 0 Å². The van der Waals surface area contributed by atoms with Crippen molar-refractivity contribution in [2.45, 2.75) is 6.92 Å². The van der Waals surface area contributed by atoms with Crippen LogP contribution in [0.15, 0.2) is 42.5 Å². The van der Waals surface area contributed by atoms with E-state index in [1.165, 1.54) is 0 Å². The lowest BCUT2D eigenvalue weighted by molar-refractivity contribution is 0.262. The summed E-state index contributed by atoms with van der Waals surface area (Å²) in [6.45, 7) is 1.95. The van der Waals surface area contributed by atoms with Gasteiger partial charge in [-0.3, -0.25) is 0 Å². The molecule has 0 saturated carbocycles. The molecule has 0 aliphatic carbocycles. The number of carbonyl (C=O) groups excluding carboxylic acids is 1. The molecule has 4 N–H and O–H groups in total. The van der Waals surface area contributed by atoms with E-state index in [-0.39, 0.29) is 6.03 Å². The van der Waals surface area contributed by atoms with E-state index < -0.39 is 0 Å². The highest BCUT2D eigenvalue weighted by Crippen LogP contribution is 2.21. The first-order chi connectivity index (χ1) is 9.06. The number of hydrogen-bond donors (Lipinski definition) is 3. The second kappa shape index (κ2) is 5.92. The molecule has 0 aliphatic heterocycles. The van der Waals surface area contributed by atoms with Gasteiger partial charge in [0.15, 0.2) is 0 Å². The Morgan fingerprint density at radius 1 is 1.11 bits per heavy atom. The maximum absolute atomic E-state index is 11.9. The predicted molar refractivity (Wildman–Crippen MR) is 87.4 cm³/mol. The summed E-state index contributed by atoms with van der Waals surface area (Å²) in [5.41, 5.74) is 8.83. The highest BCUT2D eigenvalue weighted by Gasteiger charge is 2.07. The number of nitrogens with one attached hydrogen (secondary N) is 2. The predicted octanol–water partition coefficient (Wildman–Crippen LogP) is 3.83. The van der Waals surface area contributed by atoms with Gasteiger partial charge in [0.05, 0.1) is 17.1 Å². The number of hydrogen-bond acceptors (Lipinski definition) is 2. The van der Waals surface area contributed by atoms with Crippen LogP contribution >= 0.6 is 22.6 Å². The lowest BCUT2D eigenvalue weighted by atomic mass is 10.2. The van der Waals surface area contributed by atoms with Gasteiger partial charge in [-0.25, -0.2) is 4.79 Å². The van der Waals surface area contributed by atoms with Crippen LogP contribution in [-0.4, -0.2) is 6.03 Å². The van der Waals surface area contributed by atoms with Gasteiger partial charge in [-0.05, 0) is 59.3 Å². The molecule has 0 aromatic heterocycles. The molecule has 0 spiro atoms. The average molecular weight is 367 g/mol. The maximum Gasteiger partial charge on any atom is 0.323 e. The van der Waals surface area contributed by atoms with E-state index in [0.29, 0.717) is 11.4 Å². The van der Waals surface area contributed by atoms with E-state index in [1.807, 2.05) is 43.3 Å². The van der Waals surface area contributed by atoms with E-state index in [2.05, 4.69) is 33.2 Å². The van der Waals surface area contributed by atoms with Crippen LogP contribution in [0.25, 0.3) is 0 Å². The van der Waals surface area contributed by atoms with Crippen LogP contribution in [-0.2, 0) is 0 Å². The summed E-state index contributed by atoms with van der Waals surface area (Å²) in [7, 11) is 0. The SMILES string of the molecule is Cc1ccc(NC(=O)Nc2ccccc2I)c(N)c1. The number of halogens is 1. The summed E-state index contributed by atoms with van der Waals surface area (Å²) in [5.74, 6) is 0. The Labute approximate surface area is 125 Å². The van der Waals surface area contributed by atoms with E-state index in [9.17, 15) is 4.79 Å². The number of rotatable bonds is 2. The molecule has 4 nitrogen and oxygen atoms in total. The molecule has 2 amide bonds. The summed E-state index contributed by atoms with van der Waals surface area (Å²) in [6, 6.07) is 12.8. The van der Waals surface area contributed by atoms with Crippen LogP contribution in [0, 0.1) is 10.5 Å². The molecular formula is C14H14IN3O. The number of para-hydroxylation sites is 1. The minimum atomic E-state index is -0.306. The fourth-order valence-corrected chi connectivity index (χ4v) is 2.16. The third kappa shape index (κ3) is 3.60. The van der Waals surface area contributed by atoms with Crippen molar-refractivity contribution in [3.63, 3.8) is 0 Å². The van der Waals surface area contributed by atoms with Crippen LogP contribution in [0.2, 0.25) is 0 Å². The molecule has 0 fully saturated rings. The van der Waals surface area contributed by atoms with Crippen molar-refractivity contribution in [2.24, 2.45) is 0 Å². The zero-order valence-electron chi connectivity index (χ0n) is 10.4. The van der Waals surface area contributed by atoms with Gasteiger partial charge in [-0.15, -0.1) is 0 Å². The quantitative estimate of drug-likeness (QED) is 0.558. The Balaban J connectivity index is 2.08. The molecule has 0 saturated heterocycles. The smallest absolute Gasteiger partial charge is 0.323 e. The third-order valence-corrected chi connectivity index (χ3v) is 3.52. The molecule has 98 valence electrons. The fraction of sp³-hybridized carbons (Fsp3) is 0.0714. The van der Waals surface area contributed by atoms with Crippen LogP contribution in [0.5, 0.6) is 0 Å². The first-order valence-corrected chi connectivity index (χ1v) is 6.83. The van der Waals surface area contributed by atoms with Crippen molar-refractivity contribution >= 4 is 45.7 Å². The molecule has 2 aromatic rings. The summed E-state index contributed by atoms with van der Waals surface area (Å²) < 4.78 is 0.979. The number of nitrogen functional groups attached to an aromatic ring is 1. The van der Waals surface area contributed by atoms with Crippen molar-refractivity contribution in [1.82, 2.24) is 0 Å². The number of aryl methyl sites for hydroxylation is 1. The fourth-order valence-electron chi connectivity index (χ4n) is 1.63. The maximum atomic E-state index is 11.9. The van der Waals surface area contributed by atoms with Crippen LogP contribution in [0.3, 0.4) is 0 Å². The molecule has 0 unspecified atom stereocenters. The molecule has 0 atom stereocenters. The molecule has 0 aliphatic rings. The van der Waals surface area contributed by atoms with Crippen molar-refractivity contribution in [1.29, 1.82) is 0 Å². The number of urea groups is 1. The van der Waals surface area contributed by atoms with E-state index in [1.54, 1.807) is 6.07 Å². The van der Waals surface area contributed by atoms with Crippen LogP contribution < -0.4 is 16.4 Å². The Bertz CT molecular complexity index is 613. The zero-order chi connectivity index (χ0) is 13.8. The topological polar surface area (TPSA) is 67.2 Å². The first kappa shape index (κ1) is 13.7. The number of anilines is 3. The van der Waals surface area contributed by atoms with E-state index in [4.69, 9.17) is 5.73 Å². The van der Waals surface area contributed by atoms with Crippen molar-refractivity contribution < 1.29 is 4.79 Å². The van der Waals surface area contributed by atoms with Crippen LogP contribution in [0.4, 0.5) is 21.9 Å². The minimum Gasteiger partial charge on any atom is -0.397 e. The van der Waals surface area contributed by atoms with Gasteiger partial charge in [0.25, 0.3) is 0 Å². The lowest BCUT2D eigenvalue weighted by Crippen LogP contribution is -2.20. The Morgan fingerprint density at radius 2 is 1.79 bits per heavy atom. The zero-order valence-corrected chi connectivity index (χ0v) is 12.6. The molecule has 19 heavy (non-hydrogen) atoms. The third-order valence-electron chi connectivity index (χ3n) is 2.58. The summed E-state index contributed by atoms with van der Waals surface area (Å²) >= 11 is 2.17. The second-order valence-corrected chi connectivity index (χ2v) is 5.31. The molecule has 2 rings (SSSR count). The number of nitrogens with two attached hydrogens (primary N) is 1. The molecular weight excluding hydrogens is 353 g/mol.